The molecule has 0 atom stereocenters. The molecule has 1 aromatic carbocycles. The number of rotatable bonds is 4. The molecule has 24 heavy (non-hydrogen) atoms. The highest BCUT2D eigenvalue weighted by molar-refractivity contribution is 5.50. The molecular formula is C18H21N3O3. The van der Waals surface area contributed by atoms with Gasteiger partial charge in [0.25, 0.3) is 0 Å². The lowest BCUT2D eigenvalue weighted by molar-refractivity contribution is 0.0836. The molecule has 1 saturated carbocycles. The molecule has 2 fully saturated rings. The van der Waals surface area contributed by atoms with E-state index in [9.17, 15) is 0 Å². The van der Waals surface area contributed by atoms with Crippen LogP contribution in [0.5, 0.6) is 11.5 Å². The van der Waals surface area contributed by atoms with E-state index < -0.39 is 0 Å². The van der Waals surface area contributed by atoms with E-state index >= 15 is 0 Å². The lowest BCUT2D eigenvalue weighted by Crippen LogP contribution is -2.15. The second kappa shape index (κ2) is 5.77. The van der Waals surface area contributed by atoms with Crippen LogP contribution in [0.2, 0.25) is 0 Å². The Morgan fingerprint density at radius 3 is 2.71 bits per heavy atom. The summed E-state index contributed by atoms with van der Waals surface area (Å²) >= 11 is 0. The summed E-state index contributed by atoms with van der Waals surface area (Å²) in [4.78, 5) is 4.91. The van der Waals surface area contributed by atoms with Crippen LogP contribution in [0, 0.1) is 5.92 Å². The molecule has 0 spiro atoms. The van der Waals surface area contributed by atoms with Gasteiger partial charge in [0.1, 0.15) is 5.82 Å². The van der Waals surface area contributed by atoms with Crippen LogP contribution in [0.15, 0.2) is 18.2 Å². The first kappa shape index (κ1) is 14.3. The Bertz CT molecular complexity index is 748. The van der Waals surface area contributed by atoms with Crippen LogP contribution in [0.1, 0.15) is 43.3 Å². The maximum absolute atomic E-state index is 5.52. The second-order valence-corrected chi connectivity index (χ2v) is 6.87. The van der Waals surface area contributed by atoms with Crippen LogP contribution >= 0.6 is 0 Å². The first-order chi connectivity index (χ1) is 11.9. The highest BCUT2D eigenvalue weighted by atomic mass is 16.7. The number of nitrogens with zero attached hydrogens (tertiary/aromatic N) is 3. The summed E-state index contributed by atoms with van der Waals surface area (Å²) in [6.45, 7) is 1.90. The molecule has 0 unspecified atom stereocenters. The summed E-state index contributed by atoms with van der Waals surface area (Å²) in [5.41, 5.74) is 1.00. The molecule has 1 aromatic heterocycles. The average Bonchev–Trinajstić information content (AvgIpc) is 3.15. The quantitative estimate of drug-likeness (QED) is 0.864. The Hall–Kier alpha value is -2.08. The van der Waals surface area contributed by atoms with Gasteiger partial charge in [-0.3, -0.25) is 0 Å². The van der Waals surface area contributed by atoms with Gasteiger partial charge in [0.05, 0.1) is 5.69 Å². The van der Waals surface area contributed by atoms with Crippen molar-refractivity contribution in [2.24, 2.45) is 5.92 Å². The molecule has 6 heteroatoms. The molecular weight excluding hydrogens is 306 g/mol. The zero-order valence-electron chi connectivity index (χ0n) is 13.6. The summed E-state index contributed by atoms with van der Waals surface area (Å²) in [5.74, 6) is 4.79. The SMILES string of the molecule is c1cc2c(cc1-n1nc(C3CCOCC3)nc1CC1CC1)OCO2. The highest BCUT2D eigenvalue weighted by Gasteiger charge is 2.28. The third kappa shape index (κ3) is 2.65. The number of aromatic nitrogens is 3. The lowest BCUT2D eigenvalue weighted by Gasteiger charge is -2.18. The van der Waals surface area contributed by atoms with Gasteiger partial charge in [-0.1, -0.05) is 0 Å². The smallest absolute Gasteiger partial charge is 0.231 e. The van der Waals surface area contributed by atoms with Gasteiger partial charge in [-0.2, -0.15) is 5.10 Å². The van der Waals surface area contributed by atoms with Gasteiger partial charge in [-0.05, 0) is 43.7 Å². The number of ether oxygens (including phenoxy) is 3. The van der Waals surface area contributed by atoms with Crippen LogP contribution in [0.4, 0.5) is 0 Å². The van der Waals surface area contributed by atoms with Crippen LogP contribution < -0.4 is 9.47 Å². The van der Waals surface area contributed by atoms with Crippen molar-refractivity contribution in [3.05, 3.63) is 29.8 Å². The second-order valence-electron chi connectivity index (χ2n) is 6.87. The van der Waals surface area contributed by atoms with E-state index in [0.29, 0.717) is 12.7 Å². The third-order valence-electron chi connectivity index (χ3n) is 5.05. The van der Waals surface area contributed by atoms with Crippen molar-refractivity contribution in [3.8, 4) is 17.2 Å². The van der Waals surface area contributed by atoms with Gasteiger partial charge < -0.3 is 14.2 Å². The first-order valence-electron chi connectivity index (χ1n) is 8.80. The molecule has 0 bridgehead atoms. The zero-order chi connectivity index (χ0) is 15.9. The molecule has 2 aliphatic heterocycles. The third-order valence-corrected chi connectivity index (χ3v) is 5.05. The maximum atomic E-state index is 5.52. The van der Waals surface area contributed by atoms with E-state index in [0.717, 1.165) is 67.2 Å². The summed E-state index contributed by atoms with van der Waals surface area (Å²) in [6, 6.07) is 5.99. The lowest BCUT2D eigenvalue weighted by atomic mass is 10.00. The maximum Gasteiger partial charge on any atom is 0.231 e. The molecule has 3 aliphatic rings. The standard InChI is InChI=1S/C18H21N3O3/c1-2-12(1)9-17-19-18(13-5-7-22-8-6-13)20-21(17)14-3-4-15-16(10-14)24-11-23-15/h3-4,10,12-13H,1-2,5-9,11H2. The van der Waals surface area contributed by atoms with Crippen molar-refractivity contribution in [1.82, 2.24) is 14.8 Å². The molecule has 1 aliphatic carbocycles. The van der Waals surface area contributed by atoms with E-state index in [1.54, 1.807) is 0 Å². The van der Waals surface area contributed by atoms with Crippen molar-refractivity contribution in [3.63, 3.8) is 0 Å². The molecule has 126 valence electrons. The van der Waals surface area contributed by atoms with Crippen molar-refractivity contribution < 1.29 is 14.2 Å². The average molecular weight is 327 g/mol. The number of hydrogen-bond donors (Lipinski definition) is 0. The van der Waals surface area contributed by atoms with Crippen molar-refractivity contribution in [1.29, 1.82) is 0 Å². The van der Waals surface area contributed by atoms with E-state index in [1.165, 1.54) is 12.8 Å². The van der Waals surface area contributed by atoms with E-state index in [2.05, 4.69) is 0 Å². The minimum absolute atomic E-state index is 0.290. The van der Waals surface area contributed by atoms with E-state index in [4.69, 9.17) is 24.3 Å². The van der Waals surface area contributed by atoms with Crippen molar-refractivity contribution in [2.45, 2.75) is 38.0 Å². The van der Waals surface area contributed by atoms with Gasteiger partial charge in [0, 0.05) is 31.6 Å². The molecule has 6 nitrogen and oxygen atoms in total. The Balaban J connectivity index is 1.51. The van der Waals surface area contributed by atoms with Crippen LogP contribution in [0.3, 0.4) is 0 Å². The fraction of sp³-hybridized carbons (Fsp3) is 0.556. The van der Waals surface area contributed by atoms with Gasteiger partial charge in [0.2, 0.25) is 6.79 Å². The first-order valence-corrected chi connectivity index (χ1v) is 8.80. The van der Waals surface area contributed by atoms with Crippen molar-refractivity contribution in [2.75, 3.05) is 20.0 Å². The summed E-state index contributed by atoms with van der Waals surface area (Å²) < 4.78 is 18.4. The van der Waals surface area contributed by atoms with Gasteiger partial charge >= 0.3 is 0 Å². The van der Waals surface area contributed by atoms with E-state index in [-0.39, 0.29) is 0 Å². The molecule has 1 saturated heterocycles. The van der Waals surface area contributed by atoms with Crippen LogP contribution in [0.25, 0.3) is 5.69 Å². The Labute approximate surface area is 140 Å². The van der Waals surface area contributed by atoms with Gasteiger partial charge in [-0.15, -0.1) is 0 Å². The Morgan fingerprint density at radius 2 is 1.88 bits per heavy atom. The normalized spacial score (nSPS) is 20.5. The minimum atomic E-state index is 0.290. The Morgan fingerprint density at radius 1 is 1.04 bits per heavy atom. The topological polar surface area (TPSA) is 58.4 Å². The summed E-state index contributed by atoms with van der Waals surface area (Å²) in [7, 11) is 0. The number of benzene rings is 1. The molecule has 3 heterocycles. The number of hydrogen-bond acceptors (Lipinski definition) is 5. The summed E-state index contributed by atoms with van der Waals surface area (Å²) in [6.07, 6.45) is 5.63. The van der Waals surface area contributed by atoms with Crippen LogP contribution in [-0.2, 0) is 11.2 Å². The van der Waals surface area contributed by atoms with Gasteiger partial charge in [-0.25, -0.2) is 9.67 Å². The van der Waals surface area contributed by atoms with Gasteiger partial charge in [0.15, 0.2) is 17.3 Å². The predicted octanol–water partition coefficient (Wildman–Crippen LogP) is 2.84. The summed E-state index contributed by atoms with van der Waals surface area (Å²) in [5, 5.41) is 4.86. The Kier molecular flexibility index (Phi) is 3.43. The highest BCUT2D eigenvalue weighted by Crippen LogP contribution is 2.36. The molecule has 0 amide bonds. The minimum Gasteiger partial charge on any atom is -0.454 e. The predicted molar refractivity (Wildman–Crippen MR) is 86.7 cm³/mol. The fourth-order valence-corrected chi connectivity index (χ4v) is 3.43. The zero-order valence-corrected chi connectivity index (χ0v) is 13.6. The number of fused-ring (bicyclic) bond motifs is 1. The van der Waals surface area contributed by atoms with Crippen molar-refractivity contribution >= 4 is 0 Å². The fourth-order valence-electron chi connectivity index (χ4n) is 3.43. The molecule has 0 N–H and O–H groups in total. The largest absolute Gasteiger partial charge is 0.454 e. The monoisotopic (exact) mass is 327 g/mol. The molecule has 2 aromatic rings. The van der Waals surface area contributed by atoms with E-state index in [1.807, 2.05) is 22.9 Å². The van der Waals surface area contributed by atoms with Crippen LogP contribution in [-0.4, -0.2) is 34.8 Å². The molecule has 0 radical (unpaired) electrons. The molecule has 5 rings (SSSR count).